The predicted molar refractivity (Wildman–Crippen MR) is 31.1 cm³/mol. The minimum absolute atomic E-state index is 0.440. The third kappa shape index (κ3) is 1.40. The molecule has 1 radical (unpaired) electrons. The standard InChI is InChI=1S/C6H8NO2/c1-3-8-6-4-5(2)9-7-6/h3H2,1-2H3. The molecule has 0 aromatic rings. The highest BCUT2D eigenvalue weighted by molar-refractivity contribution is 4.98. The molecule has 1 aliphatic heterocycles. The third-order valence-corrected chi connectivity index (χ3v) is 0.830. The van der Waals surface area contributed by atoms with Crippen molar-refractivity contribution in [3.05, 3.63) is 17.4 Å². The molecule has 0 unspecified atom stereocenters. The molecule has 0 aliphatic carbocycles. The normalized spacial score (nSPS) is 15.3. The Balaban J connectivity index is 2.52. The van der Waals surface area contributed by atoms with Crippen LogP contribution in [0.2, 0.25) is 0 Å². The Kier molecular flexibility index (Phi) is 1.66. The quantitative estimate of drug-likeness (QED) is 0.515. The summed E-state index contributed by atoms with van der Waals surface area (Å²) in [7, 11) is 0. The molecule has 3 heteroatoms. The van der Waals surface area contributed by atoms with Crippen molar-refractivity contribution < 1.29 is 9.57 Å². The maximum Gasteiger partial charge on any atom is 0.299 e. The van der Waals surface area contributed by atoms with Crippen molar-refractivity contribution in [2.75, 3.05) is 6.61 Å². The Morgan fingerprint density at radius 3 is 3.00 bits per heavy atom. The van der Waals surface area contributed by atoms with Crippen LogP contribution < -0.4 is 5.48 Å². The van der Waals surface area contributed by atoms with Crippen molar-refractivity contribution in [2.24, 2.45) is 0 Å². The fraction of sp³-hybridized carbons (Fsp3) is 0.500. The Morgan fingerprint density at radius 1 is 1.78 bits per heavy atom. The smallest absolute Gasteiger partial charge is 0.299 e. The number of hydrogen-bond acceptors (Lipinski definition) is 2. The molecule has 0 bridgehead atoms. The minimum atomic E-state index is 0.440. The van der Waals surface area contributed by atoms with Gasteiger partial charge in [0.1, 0.15) is 0 Å². The van der Waals surface area contributed by atoms with Crippen LogP contribution in [0.5, 0.6) is 0 Å². The lowest BCUT2D eigenvalue weighted by Gasteiger charge is -1.97. The molecule has 1 aliphatic rings. The third-order valence-electron chi connectivity index (χ3n) is 0.830. The van der Waals surface area contributed by atoms with Gasteiger partial charge >= 0.3 is 0 Å². The second-order valence-corrected chi connectivity index (χ2v) is 1.60. The highest BCUT2D eigenvalue weighted by Crippen LogP contribution is 2.05. The van der Waals surface area contributed by atoms with Crippen molar-refractivity contribution in [1.29, 1.82) is 0 Å². The van der Waals surface area contributed by atoms with Gasteiger partial charge in [-0.3, -0.25) is 0 Å². The first-order chi connectivity index (χ1) is 4.33. The second-order valence-electron chi connectivity index (χ2n) is 1.60. The fourth-order valence-electron chi connectivity index (χ4n) is 0.505. The molecule has 49 valence electrons. The van der Waals surface area contributed by atoms with E-state index < -0.39 is 0 Å². The first-order valence-electron chi connectivity index (χ1n) is 2.81. The van der Waals surface area contributed by atoms with Crippen LogP contribution in [0.1, 0.15) is 13.8 Å². The summed E-state index contributed by atoms with van der Waals surface area (Å²) in [5, 5.41) is 0. The topological polar surface area (TPSA) is 32.6 Å². The van der Waals surface area contributed by atoms with E-state index in [2.05, 4.69) is 16.0 Å². The van der Waals surface area contributed by atoms with Crippen LogP contribution in [-0.2, 0) is 9.57 Å². The second kappa shape index (κ2) is 2.46. The Morgan fingerprint density at radius 2 is 2.56 bits per heavy atom. The molecule has 0 amide bonds. The van der Waals surface area contributed by atoms with Gasteiger partial charge in [-0.05, 0) is 18.1 Å². The highest BCUT2D eigenvalue weighted by Gasteiger charge is 2.06. The Bertz CT molecular complexity index is 168. The number of allylic oxidation sites excluding steroid dienone is 1. The molecule has 0 saturated heterocycles. The Labute approximate surface area is 53.9 Å². The van der Waals surface area contributed by atoms with E-state index in [4.69, 9.17) is 4.74 Å². The Hall–Kier alpha value is -1.08. The van der Waals surface area contributed by atoms with Crippen molar-refractivity contribution in [1.82, 2.24) is 5.48 Å². The molecule has 0 aromatic carbocycles. The van der Waals surface area contributed by atoms with Crippen LogP contribution in [0.4, 0.5) is 0 Å². The van der Waals surface area contributed by atoms with Gasteiger partial charge < -0.3 is 9.57 Å². The van der Waals surface area contributed by atoms with E-state index in [1.165, 1.54) is 0 Å². The zero-order valence-electron chi connectivity index (χ0n) is 5.47. The van der Waals surface area contributed by atoms with Gasteiger partial charge in [-0.1, -0.05) is 0 Å². The highest BCUT2D eigenvalue weighted by atomic mass is 16.7. The maximum absolute atomic E-state index is 4.97. The molecule has 0 spiro atoms. The summed E-state index contributed by atoms with van der Waals surface area (Å²) in [6.45, 7) is 4.26. The summed E-state index contributed by atoms with van der Waals surface area (Å²) in [5.41, 5.74) is 6.33. The van der Waals surface area contributed by atoms with Gasteiger partial charge in [-0.15, -0.1) is 0 Å². The molecular formula is C6H8NO2. The van der Waals surface area contributed by atoms with Crippen LogP contribution in [0, 0.1) is 0 Å². The fourth-order valence-corrected chi connectivity index (χ4v) is 0.505. The molecule has 0 N–H and O–H groups in total. The lowest BCUT2D eigenvalue weighted by Crippen LogP contribution is -2.01. The summed E-state index contributed by atoms with van der Waals surface area (Å²) in [6.07, 6.45) is 0. The van der Waals surface area contributed by atoms with E-state index in [1.807, 2.05) is 6.92 Å². The zero-order chi connectivity index (χ0) is 6.69. The molecular weight excluding hydrogens is 118 g/mol. The number of hydroxylamine groups is 1. The SMILES string of the molecule is CCOC1=C=C(C)O[N]1. The molecule has 9 heavy (non-hydrogen) atoms. The average molecular weight is 126 g/mol. The van der Waals surface area contributed by atoms with Crippen molar-refractivity contribution in [3.63, 3.8) is 0 Å². The largest absolute Gasteiger partial charge is 0.470 e. The van der Waals surface area contributed by atoms with E-state index >= 15 is 0 Å². The van der Waals surface area contributed by atoms with E-state index in [0.29, 0.717) is 18.2 Å². The van der Waals surface area contributed by atoms with Gasteiger partial charge in [0.15, 0.2) is 5.76 Å². The van der Waals surface area contributed by atoms with Gasteiger partial charge in [0.2, 0.25) is 0 Å². The molecule has 1 rings (SSSR count). The predicted octanol–water partition coefficient (Wildman–Crippen LogP) is 0.917. The van der Waals surface area contributed by atoms with Crippen molar-refractivity contribution in [2.45, 2.75) is 13.8 Å². The van der Waals surface area contributed by atoms with Gasteiger partial charge in [0.05, 0.1) is 6.61 Å². The van der Waals surface area contributed by atoms with Crippen LogP contribution in [0.25, 0.3) is 0 Å². The van der Waals surface area contributed by atoms with Crippen LogP contribution in [-0.4, -0.2) is 6.61 Å². The molecule has 0 atom stereocenters. The molecule has 3 nitrogen and oxygen atoms in total. The minimum Gasteiger partial charge on any atom is -0.470 e. The average Bonchev–Trinajstić information content (AvgIpc) is 2.17. The summed E-state index contributed by atoms with van der Waals surface area (Å²) < 4.78 is 4.97. The van der Waals surface area contributed by atoms with Gasteiger partial charge in [-0.25, -0.2) is 0 Å². The summed E-state index contributed by atoms with van der Waals surface area (Å²) in [5.74, 6) is 1.09. The first kappa shape index (κ1) is 6.05. The van der Waals surface area contributed by atoms with Crippen LogP contribution in [0.15, 0.2) is 17.4 Å². The lowest BCUT2D eigenvalue weighted by molar-refractivity contribution is 0.0736. The molecule has 1 heterocycles. The monoisotopic (exact) mass is 126 g/mol. The van der Waals surface area contributed by atoms with E-state index in [-0.39, 0.29) is 0 Å². The van der Waals surface area contributed by atoms with Crippen molar-refractivity contribution in [3.8, 4) is 0 Å². The first-order valence-corrected chi connectivity index (χ1v) is 2.81. The van der Waals surface area contributed by atoms with E-state index in [9.17, 15) is 0 Å². The molecule has 0 fully saturated rings. The number of nitrogens with zero attached hydrogens (tertiary/aromatic N) is 1. The van der Waals surface area contributed by atoms with Crippen LogP contribution >= 0.6 is 0 Å². The molecule has 0 saturated carbocycles. The van der Waals surface area contributed by atoms with Crippen LogP contribution in [0.3, 0.4) is 0 Å². The summed E-state index contributed by atoms with van der Waals surface area (Å²) in [4.78, 5) is 4.69. The number of ether oxygens (including phenoxy) is 1. The number of hydrogen-bond donors (Lipinski definition) is 0. The summed E-state index contributed by atoms with van der Waals surface area (Å²) >= 11 is 0. The van der Waals surface area contributed by atoms with Gasteiger partial charge in [-0.2, -0.15) is 0 Å². The van der Waals surface area contributed by atoms with Gasteiger partial charge in [0, 0.05) is 6.92 Å². The zero-order valence-corrected chi connectivity index (χ0v) is 5.47. The molecule has 0 aromatic heterocycles. The number of rotatable bonds is 2. The van der Waals surface area contributed by atoms with E-state index in [1.54, 1.807) is 6.92 Å². The lowest BCUT2D eigenvalue weighted by atomic mass is 10.6. The van der Waals surface area contributed by atoms with Crippen molar-refractivity contribution >= 4 is 0 Å². The summed E-state index contributed by atoms with van der Waals surface area (Å²) in [6, 6.07) is 0. The van der Waals surface area contributed by atoms with Gasteiger partial charge in [0.25, 0.3) is 5.88 Å². The maximum atomic E-state index is 4.97. The van der Waals surface area contributed by atoms with E-state index in [0.717, 1.165) is 0 Å².